The van der Waals surface area contributed by atoms with Crippen LogP contribution in [0.1, 0.15) is 12.5 Å². The molecule has 3 N–H and O–H groups in total. The summed E-state index contributed by atoms with van der Waals surface area (Å²) in [6, 6.07) is 15.7. The molecule has 2 aromatic rings. The summed E-state index contributed by atoms with van der Waals surface area (Å²) in [4.78, 5) is 2.02. The van der Waals surface area contributed by atoms with Gasteiger partial charge in [-0.15, -0.1) is 12.4 Å². The first-order valence-electron chi connectivity index (χ1n) is 5.96. The van der Waals surface area contributed by atoms with Gasteiger partial charge in [-0.2, -0.15) is 0 Å². The number of phenols is 1. The zero-order chi connectivity index (χ0) is 13.0. The highest BCUT2D eigenvalue weighted by molar-refractivity contribution is 7.99. The number of hydrogen-bond acceptors (Lipinski definition) is 3. The Morgan fingerprint density at radius 2 is 1.63 bits per heavy atom. The lowest BCUT2D eigenvalue weighted by Gasteiger charge is -2.11. The van der Waals surface area contributed by atoms with Gasteiger partial charge >= 0.3 is 0 Å². The number of rotatable bonds is 4. The van der Waals surface area contributed by atoms with Crippen LogP contribution in [0, 0.1) is 0 Å². The molecule has 0 aliphatic rings. The zero-order valence-corrected chi connectivity index (χ0v) is 12.4. The number of para-hydroxylation sites is 1. The van der Waals surface area contributed by atoms with Crippen LogP contribution in [0.5, 0.6) is 5.75 Å². The van der Waals surface area contributed by atoms with Gasteiger partial charge in [0.25, 0.3) is 0 Å². The number of hydrogen-bond donors (Lipinski definition) is 2. The number of nitrogens with two attached hydrogens (primary N) is 1. The quantitative estimate of drug-likeness (QED) is 0.900. The van der Waals surface area contributed by atoms with Crippen LogP contribution >= 0.6 is 24.2 Å². The van der Waals surface area contributed by atoms with Crippen molar-refractivity contribution >= 4 is 24.2 Å². The number of benzene rings is 2. The van der Waals surface area contributed by atoms with E-state index in [0.717, 1.165) is 16.2 Å². The van der Waals surface area contributed by atoms with Crippen LogP contribution in [0.4, 0.5) is 0 Å². The van der Waals surface area contributed by atoms with E-state index < -0.39 is 0 Å². The predicted molar refractivity (Wildman–Crippen MR) is 83.3 cm³/mol. The summed E-state index contributed by atoms with van der Waals surface area (Å²) in [5.41, 5.74) is 7.08. The molecule has 2 aromatic carbocycles. The van der Waals surface area contributed by atoms with Gasteiger partial charge in [0.05, 0.1) is 4.90 Å². The van der Waals surface area contributed by atoms with E-state index in [1.54, 1.807) is 17.8 Å². The van der Waals surface area contributed by atoms with Crippen molar-refractivity contribution < 1.29 is 5.11 Å². The highest BCUT2D eigenvalue weighted by atomic mass is 35.5. The summed E-state index contributed by atoms with van der Waals surface area (Å²) >= 11 is 1.58. The maximum absolute atomic E-state index is 9.80. The molecule has 19 heavy (non-hydrogen) atoms. The second-order valence-corrected chi connectivity index (χ2v) is 5.44. The van der Waals surface area contributed by atoms with Crippen LogP contribution in [0.25, 0.3) is 0 Å². The largest absolute Gasteiger partial charge is 0.507 e. The average molecular weight is 296 g/mol. The van der Waals surface area contributed by atoms with E-state index in [1.165, 1.54) is 5.56 Å². The van der Waals surface area contributed by atoms with Crippen LogP contribution in [-0.2, 0) is 6.42 Å². The first-order valence-corrected chi connectivity index (χ1v) is 6.78. The van der Waals surface area contributed by atoms with Crippen molar-refractivity contribution in [2.45, 2.75) is 29.2 Å². The molecule has 0 saturated carbocycles. The smallest absolute Gasteiger partial charge is 0.129 e. The van der Waals surface area contributed by atoms with Crippen molar-refractivity contribution in [3.8, 4) is 5.75 Å². The predicted octanol–water partition coefficient (Wildman–Crippen LogP) is 3.85. The molecule has 2 rings (SSSR count). The Bertz CT molecular complexity index is 531. The van der Waals surface area contributed by atoms with Crippen LogP contribution in [-0.4, -0.2) is 11.1 Å². The Morgan fingerprint density at radius 3 is 2.26 bits per heavy atom. The molecule has 2 nitrogen and oxygen atoms in total. The summed E-state index contributed by atoms with van der Waals surface area (Å²) in [7, 11) is 0. The fourth-order valence-corrected chi connectivity index (χ4v) is 2.77. The van der Waals surface area contributed by atoms with Crippen LogP contribution in [0.3, 0.4) is 0 Å². The molecule has 0 bridgehead atoms. The third-order valence-electron chi connectivity index (χ3n) is 2.60. The normalized spacial score (nSPS) is 11.7. The summed E-state index contributed by atoms with van der Waals surface area (Å²) in [6.07, 6.45) is 0.844. The highest BCUT2D eigenvalue weighted by Crippen LogP contribution is 2.35. The van der Waals surface area contributed by atoms with Gasteiger partial charge in [0.2, 0.25) is 0 Å². The Kier molecular flexibility index (Phi) is 6.22. The Morgan fingerprint density at radius 1 is 1.05 bits per heavy atom. The Labute approximate surface area is 124 Å². The van der Waals surface area contributed by atoms with Crippen LogP contribution in [0.15, 0.2) is 58.3 Å². The minimum absolute atomic E-state index is 0. The van der Waals surface area contributed by atoms with E-state index in [-0.39, 0.29) is 18.4 Å². The molecule has 102 valence electrons. The van der Waals surface area contributed by atoms with Crippen molar-refractivity contribution in [1.82, 2.24) is 0 Å². The van der Waals surface area contributed by atoms with Crippen molar-refractivity contribution in [2.24, 2.45) is 5.73 Å². The molecule has 0 saturated heterocycles. The van der Waals surface area contributed by atoms with E-state index in [4.69, 9.17) is 5.73 Å². The average Bonchev–Trinajstić information content (AvgIpc) is 2.34. The van der Waals surface area contributed by atoms with Gasteiger partial charge < -0.3 is 10.8 Å². The monoisotopic (exact) mass is 295 g/mol. The van der Waals surface area contributed by atoms with Gasteiger partial charge in [0.15, 0.2) is 0 Å². The maximum atomic E-state index is 9.80. The van der Waals surface area contributed by atoms with E-state index in [9.17, 15) is 5.11 Å². The number of phenolic OH excluding ortho intramolecular Hbond substituents is 1. The van der Waals surface area contributed by atoms with Crippen LogP contribution in [0.2, 0.25) is 0 Å². The van der Waals surface area contributed by atoms with Crippen LogP contribution < -0.4 is 5.73 Å². The summed E-state index contributed by atoms with van der Waals surface area (Å²) in [6.45, 7) is 2.00. The summed E-state index contributed by atoms with van der Waals surface area (Å²) in [5, 5.41) is 9.80. The van der Waals surface area contributed by atoms with E-state index in [2.05, 4.69) is 12.1 Å². The molecular weight excluding hydrogens is 278 g/mol. The van der Waals surface area contributed by atoms with E-state index in [1.807, 2.05) is 37.3 Å². The molecule has 0 aliphatic heterocycles. The topological polar surface area (TPSA) is 46.2 Å². The van der Waals surface area contributed by atoms with Crippen molar-refractivity contribution in [2.75, 3.05) is 0 Å². The molecular formula is C15H18ClNOS. The lowest BCUT2D eigenvalue weighted by molar-refractivity contribution is 0.462. The fraction of sp³-hybridized carbons (Fsp3) is 0.200. The van der Waals surface area contributed by atoms with Crippen molar-refractivity contribution in [1.29, 1.82) is 0 Å². The van der Waals surface area contributed by atoms with Gasteiger partial charge in [-0.1, -0.05) is 42.1 Å². The molecule has 0 aliphatic carbocycles. The molecule has 0 aromatic heterocycles. The number of halogens is 1. The third kappa shape index (κ3) is 4.46. The molecule has 0 spiro atoms. The lowest BCUT2D eigenvalue weighted by Crippen LogP contribution is -2.18. The van der Waals surface area contributed by atoms with E-state index >= 15 is 0 Å². The fourth-order valence-electron chi connectivity index (χ4n) is 1.78. The first-order chi connectivity index (χ1) is 8.66. The highest BCUT2D eigenvalue weighted by Gasteiger charge is 2.08. The van der Waals surface area contributed by atoms with E-state index in [0.29, 0.717) is 5.75 Å². The van der Waals surface area contributed by atoms with Gasteiger partial charge in [0.1, 0.15) is 5.75 Å². The second kappa shape index (κ2) is 7.43. The summed E-state index contributed by atoms with van der Waals surface area (Å²) < 4.78 is 0. The lowest BCUT2D eigenvalue weighted by atomic mass is 10.1. The Balaban J connectivity index is 0.00000180. The zero-order valence-electron chi connectivity index (χ0n) is 10.7. The maximum Gasteiger partial charge on any atom is 0.129 e. The molecule has 0 amide bonds. The first kappa shape index (κ1) is 15.9. The molecule has 1 atom stereocenters. The third-order valence-corrected chi connectivity index (χ3v) is 3.78. The standard InChI is InChI=1S/C15H17NOS.ClH/c1-11(16)10-12-6-2-4-8-14(12)18-15-9-5-3-7-13(15)17;/h2-9,11,17H,10,16H2,1H3;1H. The van der Waals surface area contributed by atoms with Gasteiger partial charge in [-0.25, -0.2) is 0 Å². The SMILES string of the molecule is CC(N)Cc1ccccc1Sc1ccccc1O.Cl. The molecule has 0 fully saturated rings. The number of aromatic hydroxyl groups is 1. The van der Waals surface area contributed by atoms with Gasteiger partial charge in [0, 0.05) is 10.9 Å². The Hall–Kier alpha value is -1.16. The molecule has 4 heteroatoms. The molecule has 0 radical (unpaired) electrons. The molecule has 0 heterocycles. The second-order valence-electron chi connectivity index (χ2n) is 4.36. The minimum Gasteiger partial charge on any atom is -0.507 e. The van der Waals surface area contributed by atoms with Crippen molar-refractivity contribution in [3.05, 3.63) is 54.1 Å². The van der Waals surface area contributed by atoms with Crippen molar-refractivity contribution in [3.63, 3.8) is 0 Å². The summed E-state index contributed by atoms with van der Waals surface area (Å²) in [5.74, 6) is 0.318. The molecule has 1 unspecified atom stereocenters. The van der Waals surface area contributed by atoms with Gasteiger partial charge in [-0.3, -0.25) is 0 Å². The van der Waals surface area contributed by atoms with Gasteiger partial charge in [-0.05, 0) is 37.1 Å². The minimum atomic E-state index is 0.